The molecule has 5 nitrogen and oxygen atoms in total. The van der Waals surface area contributed by atoms with Gasteiger partial charge < -0.3 is 9.64 Å². The van der Waals surface area contributed by atoms with E-state index in [9.17, 15) is 9.59 Å². The number of nitriles is 1. The number of benzene rings is 1. The molecule has 0 aliphatic carbocycles. The molecule has 1 aromatic carbocycles. The van der Waals surface area contributed by atoms with Crippen LogP contribution in [0.4, 0.5) is 0 Å². The number of nitrogens with zero attached hydrogens (tertiary/aromatic N) is 2. The van der Waals surface area contributed by atoms with Crippen LogP contribution in [0.3, 0.4) is 0 Å². The third-order valence-corrected chi connectivity index (χ3v) is 2.67. The van der Waals surface area contributed by atoms with Crippen LogP contribution in [0, 0.1) is 11.3 Å². The van der Waals surface area contributed by atoms with Gasteiger partial charge in [0.2, 0.25) is 0 Å². The number of esters is 1. The molecule has 1 fully saturated rings. The summed E-state index contributed by atoms with van der Waals surface area (Å²) in [6.07, 6.45) is 0. The second-order valence-corrected chi connectivity index (χ2v) is 4.08. The third kappa shape index (κ3) is 2.66. The van der Waals surface area contributed by atoms with Gasteiger partial charge in [-0.15, -0.1) is 0 Å². The van der Waals surface area contributed by atoms with E-state index >= 15 is 0 Å². The van der Waals surface area contributed by atoms with Crippen molar-refractivity contribution in [2.75, 3.05) is 6.54 Å². The normalized spacial score (nSPS) is 16.9. The number of amides is 1. The Morgan fingerprint density at radius 3 is 2.61 bits per heavy atom. The summed E-state index contributed by atoms with van der Waals surface area (Å²) in [7, 11) is 0. The van der Waals surface area contributed by atoms with Crippen molar-refractivity contribution in [3.8, 4) is 6.07 Å². The van der Waals surface area contributed by atoms with E-state index in [1.165, 1.54) is 11.8 Å². The van der Waals surface area contributed by atoms with Crippen molar-refractivity contribution in [1.29, 1.82) is 5.26 Å². The predicted molar refractivity (Wildman–Crippen MR) is 62.3 cm³/mol. The molecule has 1 unspecified atom stereocenters. The van der Waals surface area contributed by atoms with E-state index in [0.29, 0.717) is 12.1 Å². The minimum atomic E-state index is -0.337. The topological polar surface area (TPSA) is 70.2 Å². The van der Waals surface area contributed by atoms with Gasteiger partial charge in [-0.1, -0.05) is 12.1 Å². The Bertz CT molecular complexity index is 516. The number of carbonyl (C=O) groups excluding carboxylic acids is 2. The van der Waals surface area contributed by atoms with Crippen molar-refractivity contribution >= 4 is 11.9 Å². The highest BCUT2D eigenvalue weighted by Crippen LogP contribution is 2.20. The SMILES string of the molecule is CC(=O)OCc1ccc(C(=O)N2CC2C#N)cc1. The van der Waals surface area contributed by atoms with Gasteiger partial charge >= 0.3 is 5.97 Å². The number of carbonyl (C=O) groups is 2. The van der Waals surface area contributed by atoms with Crippen LogP contribution in [0.1, 0.15) is 22.8 Å². The molecule has 5 heteroatoms. The van der Waals surface area contributed by atoms with E-state index in [2.05, 4.69) is 0 Å². The molecule has 1 aliphatic heterocycles. The van der Waals surface area contributed by atoms with Crippen LogP contribution in [0.5, 0.6) is 0 Å². The summed E-state index contributed by atoms with van der Waals surface area (Å²) in [5.41, 5.74) is 1.36. The lowest BCUT2D eigenvalue weighted by Crippen LogP contribution is -2.13. The molecule has 2 rings (SSSR count). The van der Waals surface area contributed by atoms with Gasteiger partial charge in [-0.2, -0.15) is 5.26 Å². The van der Waals surface area contributed by atoms with E-state index in [1.807, 2.05) is 6.07 Å². The van der Waals surface area contributed by atoms with E-state index < -0.39 is 0 Å². The molecular formula is C13H12N2O3. The Labute approximate surface area is 105 Å². The largest absolute Gasteiger partial charge is 0.461 e. The van der Waals surface area contributed by atoms with Crippen LogP contribution in [-0.4, -0.2) is 29.4 Å². The molecule has 1 aromatic rings. The van der Waals surface area contributed by atoms with Gasteiger partial charge in [-0.25, -0.2) is 0 Å². The zero-order valence-electron chi connectivity index (χ0n) is 9.92. The van der Waals surface area contributed by atoms with E-state index in [4.69, 9.17) is 10.00 Å². The molecule has 0 saturated carbocycles. The van der Waals surface area contributed by atoms with Gasteiger partial charge in [0.25, 0.3) is 5.91 Å². The van der Waals surface area contributed by atoms with Crippen molar-refractivity contribution in [2.45, 2.75) is 19.6 Å². The van der Waals surface area contributed by atoms with Crippen LogP contribution >= 0.6 is 0 Å². The number of hydrogen-bond donors (Lipinski definition) is 0. The Hall–Kier alpha value is -2.35. The highest BCUT2D eigenvalue weighted by Gasteiger charge is 2.38. The lowest BCUT2D eigenvalue weighted by molar-refractivity contribution is -0.142. The molecule has 0 N–H and O–H groups in total. The summed E-state index contributed by atoms with van der Waals surface area (Å²) in [5, 5.41) is 8.65. The van der Waals surface area contributed by atoms with Crippen molar-refractivity contribution in [1.82, 2.24) is 4.90 Å². The van der Waals surface area contributed by atoms with Crippen molar-refractivity contribution in [3.05, 3.63) is 35.4 Å². The van der Waals surface area contributed by atoms with Gasteiger partial charge in [0.1, 0.15) is 12.6 Å². The second kappa shape index (κ2) is 4.88. The van der Waals surface area contributed by atoms with Crippen molar-refractivity contribution in [2.24, 2.45) is 0 Å². The molecule has 92 valence electrons. The first-order valence-corrected chi connectivity index (χ1v) is 5.54. The minimum absolute atomic E-state index is 0.138. The summed E-state index contributed by atoms with van der Waals surface area (Å²) >= 11 is 0. The zero-order chi connectivity index (χ0) is 13.1. The molecule has 1 saturated heterocycles. The predicted octanol–water partition coefficient (Wildman–Crippen LogP) is 1.10. The molecule has 0 aromatic heterocycles. The van der Waals surface area contributed by atoms with Crippen LogP contribution in [0.25, 0.3) is 0 Å². The molecule has 0 bridgehead atoms. The summed E-state index contributed by atoms with van der Waals surface area (Å²) in [4.78, 5) is 24.0. The van der Waals surface area contributed by atoms with Crippen LogP contribution < -0.4 is 0 Å². The summed E-state index contributed by atoms with van der Waals surface area (Å²) in [5.74, 6) is -0.475. The standard InChI is InChI=1S/C13H12N2O3/c1-9(16)18-8-10-2-4-11(5-3-10)13(17)15-7-12(15)6-14/h2-5,12H,7-8H2,1H3. The maximum Gasteiger partial charge on any atom is 0.302 e. The van der Waals surface area contributed by atoms with Crippen molar-refractivity contribution < 1.29 is 14.3 Å². The fourth-order valence-electron chi connectivity index (χ4n) is 1.57. The molecule has 1 heterocycles. The minimum Gasteiger partial charge on any atom is -0.461 e. The quantitative estimate of drug-likeness (QED) is 0.589. The smallest absolute Gasteiger partial charge is 0.302 e. The Balaban J connectivity index is 1.98. The first kappa shape index (κ1) is 12.1. The Morgan fingerprint density at radius 1 is 1.44 bits per heavy atom. The summed E-state index contributed by atoms with van der Waals surface area (Å²) < 4.78 is 4.85. The maximum atomic E-state index is 11.8. The lowest BCUT2D eigenvalue weighted by atomic mass is 10.1. The van der Waals surface area contributed by atoms with E-state index in [0.717, 1.165) is 5.56 Å². The average Bonchev–Trinajstić information content (AvgIpc) is 3.15. The molecule has 0 radical (unpaired) electrons. The number of hydrogen-bond acceptors (Lipinski definition) is 4. The molecular weight excluding hydrogens is 232 g/mol. The first-order chi connectivity index (χ1) is 8.61. The third-order valence-electron chi connectivity index (χ3n) is 2.67. The molecule has 18 heavy (non-hydrogen) atoms. The average molecular weight is 244 g/mol. The van der Waals surface area contributed by atoms with Gasteiger partial charge in [-0.3, -0.25) is 9.59 Å². The first-order valence-electron chi connectivity index (χ1n) is 5.54. The highest BCUT2D eigenvalue weighted by molar-refractivity contribution is 5.96. The summed E-state index contributed by atoms with van der Waals surface area (Å²) in [6.45, 7) is 2.05. The lowest BCUT2D eigenvalue weighted by Gasteiger charge is -2.04. The summed E-state index contributed by atoms with van der Waals surface area (Å²) in [6, 6.07) is 8.58. The number of rotatable bonds is 3. The van der Waals surface area contributed by atoms with E-state index in [1.54, 1.807) is 24.3 Å². The fraction of sp³-hybridized carbons (Fsp3) is 0.308. The maximum absolute atomic E-state index is 11.8. The molecule has 1 aliphatic rings. The Morgan fingerprint density at radius 2 is 2.11 bits per heavy atom. The second-order valence-electron chi connectivity index (χ2n) is 4.08. The molecule has 0 spiro atoms. The van der Waals surface area contributed by atoms with Gasteiger partial charge in [-0.05, 0) is 17.7 Å². The van der Waals surface area contributed by atoms with E-state index in [-0.39, 0.29) is 24.5 Å². The molecule has 1 amide bonds. The molecule has 1 atom stereocenters. The van der Waals surface area contributed by atoms with Gasteiger partial charge in [0.05, 0.1) is 12.6 Å². The monoisotopic (exact) mass is 244 g/mol. The van der Waals surface area contributed by atoms with Crippen LogP contribution in [-0.2, 0) is 16.1 Å². The fourth-order valence-corrected chi connectivity index (χ4v) is 1.57. The Kier molecular flexibility index (Phi) is 3.28. The van der Waals surface area contributed by atoms with Crippen LogP contribution in [0.15, 0.2) is 24.3 Å². The van der Waals surface area contributed by atoms with Crippen molar-refractivity contribution in [3.63, 3.8) is 0 Å². The zero-order valence-corrected chi connectivity index (χ0v) is 9.92. The van der Waals surface area contributed by atoms with Gasteiger partial charge in [0.15, 0.2) is 0 Å². The van der Waals surface area contributed by atoms with Crippen LogP contribution in [0.2, 0.25) is 0 Å². The number of ether oxygens (including phenoxy) is 1. The van der Waals surface area contributed by atoms with Gasteiger partial charge in [0, 0.05) is 12.5 Å². The highest BCUT2D eigenvalue weighted by atomic mass is 16.5.